The lowest BCUT2D eigenvalue weighted by Crippen LogP contribution is -2.57. The molecule has 0 bridgehead atoms. The zero-order valence-electron chi connectivity index (χ0n) is 26.1. The van der Waals surface area contributed by atoms with Gasteiger partial charge in [-0.15, -0.1) is 0 Å². The summed E-state index contributed by atoms with van der Waals surface area (Å²) in [4.78, 5) is 56.2. The van der Waals surface area contributed by atoms with Gasteiger partial charge in [0.25, 0.3) is 5.91 Å². The molecule has 13 nitrogen and oxygen atoms in total. The van der Waals surface area contributed by atoms with Gasteiger partial charge in [-0.2, -0.15) is 0 Å². The number of nitrogens with one attached hydrogen (secondary N) is 2. The highest BCUT2D eigenvalue weighted by atomic mass is 32.2. The quantitative estimate of drug-likeness (QED) is 0.438. The first kappa shape index (κ1) is 31.9. The minimum atomic E-state index is -3.92. The molecule has 0 spiro atoms. The molecule has 0 unspecified atom stereocenters. The van der Waals surface area contributed by atoms with Crippen LogP contribution in [0.15, 0.2) is 18.2 Å². The van der Waals surface area contributed by atoms with Gasteiger partial charge in [-0.05, 0) is 76.1 Å². The maximum atomic E-state index is 13.8. The van der Waals surface area contributed by atoms with Crippen LogP contribution in [0.2, 0.25) is 0 Å². The maximum Gasteiger partial charge on any atom is 0.411 e. The first-order valence-electron chi connectivity index (χ1n) is 15.0. The Bertz CT molecular complexity index is 1470. The molecular weight excluding hydrogens is 592 g/mol. The lowest BCUT2D eigenvalue weighted by molar-refractivity contribution is -0.132. The van der Waals surface area contributed by atoms with Gasteiger partial charge in [-0.25, -0.2) is 18.0 Å². The van der Waals surface area contributed by atoms with E-state index in [-0.39, 0.29) is 25.3 Å². The van der Waals surface area contributed by atoms with Crippen LogP contribution in [0.25, 0.3) is 0 Å². The largest absolute Gasteiger partial charge is 0.497 e. The van der Waals surface area contributed by atoms with E-state index in [0.29, 0.717) is 38.1 Å². The van der Waals surface area contributed by atoms with Crippen LogP contribution in [-0.4, -0.2) is 83.9 Å². The summed E-state index contributed by atoms with van der Waals surface area (Å²) in [7, 11) is -2.35. The molecule has 2 aliphatic carbocycles. The molecule has 2 heterocycles. The Labute approximate surface area is 258 Å². The number of likely N-dealkylation sites (tertiary alicyclic amines) is 1. The number of carbonyl (C=O) groups is 4. The lowest BCUT2D eigenvalue weighted by atomic mass is 10.1. The smallest absolute Gasteiger partial charge is 0.411 e. The number of hydrogen-bond acceptors (Lipinski definition) is 9. The molecule has 44 heavy (non-hydrogen) atoms. The number of carbonyl (C=O) groups excluding carboxylic acids is 4. The molecule has 2 aliphatic heterocycles. The topological polar surface area (TPSA) is 161 Å². The normalized spacial score (nSPS) is 26.8. The van der Waals surface area contributed by atoms with Crippen molar-refractivity contribution in [3.63, 3.8) is 0 Å². The second-order valence-corrected chi connectivity index (χ2v) is 15.7. The van der Waals surface area contributed by atoms with Crippen LogP contribution in [0, 0.1) is 5.92 Å². The number of benzene rings is 1. The molecule has 0 aromatic heterocycles. The molecule has 14 heteroatoms. The summed E-state index contributed by atoms with van der Waals surface area (Å²) >= 11 is 0. The molecule has 242 valence electrons. The van der Waals surface area contributed by atoms with E-state index in [0.717, 1.165) is 11.1 Å². The average Bonchev–Trinajstić information content (AvgIpc) is 3.75. The number of ether oxygens (including phenoxy) is 3. The third-order valence-corrected chi connectivity index (χ3v) is 11.2. The van der Waals surface area contributed by atoms with Gasteiger partial charge in [-0.3, -0.25) is 24.1 Å². The zero-order chi connectivity index (χ0) is 32.2. The number of rotatable bonds is 8. The van der Waals surface area contributed by atoms with E-state index in [9.17, 15) is 27.6 Å². The molecule has 1 saturated heterocycles. The summed E-state index contributed by atoms with van der Waals surface area (Å²) in [5.41, 5.74) is -0.358. The van der Waals surface area contributed by atoms with E-state index < -0.39 is 62.1 Å². The summed E-state index contributed by atoms with van der Waals surface area (Å²) in [6.45, 7) is 9.12. The van der Waals surface area contributed by atoms with Crippen molar-refractivity contribution >= 4 is 34.0 Å². The molecule has 4 aliphatic rings. The minimum Gasteiger partial charge on any atom is -0.497 e. The highest BCUT2D eigenvalue weighted by Crippen LogP contribution is 2.48. The Hall–Kier alpha value is -3.55. The Balaban J connectivity index is 1.29. The van der Waals surface area contributed by atoms with E-state index in [4.69, 9.17) is 14.2 Å². The van der Waals surface area contributed by atoms with Crippen LogP contribution < -0.4 is 14.8 Å². The number of fused-ring (bicyclic) bond motifs is 1. The van der Waals surface area contributed by atoms with Crippen LogP contribution in [0.3, 0.4) is 0 Å². The second-order valence-electron chi connectivity index (χ2n) is 13.5. The van der Waals surface area contributed by atoms with E-state index in [1.165, 1.54) is 9.80 Å². The van der Waals surface area contributed by atoms with Gasteiger partial charge in [0.15, 0.2) is 0 Å². The number of amides is 4. The van der Waals surface area contributed by atoms with E-state index in [1.807, 2.05) is 25.1 Å². The number of sulfonamides is 1. The lowest BCUT2D eigenvalue weighted by Gasteiger charge is -2.29. The molecule has 4 amide bonds. The molecule has 1 aromatic carbocycles. The Kier molecular flexibility index (Phi) is 8.05. The molecule has 2 saturated carbocycles. The Morgan fingerprint density at radius 2 is 1.75 bits per heavy atom. The summed E-state index contributed by atoms with van der Waals surface area (Å²) in [5, 5.41) is 2.78. The fourth-order valence-electron chi connectivity index (χ4n) is 5.89. The van der Waals surface area contributed by atoms with Gasteiger partial charge < -0.3 is 19.5 Å². The van der Waals surface area contributed by atoms with Crippen LogP contribution >= 0.6 is 0 Å². The van der Waals surface area contributed by atoms with Gasteiger partial charge in [0.2, 0.25) is 15.9 Å². The fraction of sp³-hybridized carbons (Fsp3) is 0.667. The van der Waals surface area contributed by atoms with Crippen LogP contribution in [0.5, 0.6) is 5.75 Å². The SMILES string of the molecule is CC[C@@H]1C[C@]1(NC(=O)[C@@H]1C[C@@H](OC(=O)N2Cc3ccc(OC)cc3C2)CN1C(=O)OC(C)(C)C)C(=O)NS(=O)(=O)C1(C)CC1. The van der Waals surface area contributed by atoms with Crippen molar-refractivity contribution in [2.75, 3.05) is 13.7 Å². The predicted molar refractivity (Wildman–Crippen MR) is 158 cm³/mol. The highest BCUT2D eigenvalue weighted by Gasteiger charge is 2.63. The highest BCUT2D eigenvalue weighted by molar-refractivity contribution is 7.91. The van der Waals surface area contributed by atoms with E-state index in [2.05, 4.69) is 10.0 Å². The van der Waals surface area contributed by atoms with Crippen LogP contribution in [-0.2, 0) is 42.2 Å². The summed E-state index contributed by atoms with van der Waals surface area (Å²) in [6, 6.07) is 4.48. The predicted octanol–water partition coefficient (Wildman–Crippen LogP) is 2.81. The third-order valence-electron chi connectivity index (χ3n) is 9.03. The number of hydrogen-bond donors (Lipinski definition) is 2. The summed E-state index contributed by atoms with van der Waals surface area (Å²) in [6.07, 6.45) is -0.462. The Morgan fingerprint density at radius 3 is 2.34 bits per heavy atom. The van der Waals surface area contributed by atoms with E-state index in [1.54, 1.807) is 34.8 Å². The molecule has 0 radical (unpaired) electrons. The van der Waals surface area contributed by atoms with Gasteiger partial charge in [0, 0.05) is 19.5 Å². The van der Waals surface area contributed by atoms with Gasteiger partial charge in [-0.1, -0.05) is 19.4 Å². The first-order chi connectivity index (χ1) is 20.5. The zero-order valence-corrected chi connectivity index (χ0v) is 26.9. The first-order valence-corrected chi connectivity index (χ1v) is 16.5. The number of nitrogens with zero attached hydrogens (tertiary/aromatic N) is 2. The standard InChI is InChI=1S/C30H42N4O9S/c1-7-20-14-30(20,25(36)32-44(39,40)29(5)10-11-29)31-24(35)23-13-22(17-34(23)27(38)43-28(2,3)4)42-26(37)33-15-18-8-9-21(41-6)12-19(18)16-33/h8-9,12,20,22-23H,7,10-11,13-17H2,1-6H3,(H,31,35)(H,32,36)/t20-,22-,23+,30-/m1/s1. The van der Waals surface area contributed by atoms with Crippen molar-refractivity contribution in [3.05, 3.63) is 29.3 Å². The van der Waals surface area contributed by atoms with E-state index >= 15 is 0 Å². The molecular formula is C30H42N4O9S. The molecule has 2 N–H and O–H groups in total. The fourth-order valence-corrected chi connectivity index (χ4v) is 7.20. The molecule has 4 atom stereocenters. The van der Waals surface area contributed by atoms with Gasteiger partial charge in [0.05, 0.1) is 18.4 Å². The number of methoxy groups -OCH3 is 1. The molecule has 1 aromatic rings. The van der Waals surface area contributed by atoms with Crippen molar-refractivity contribution in [1.29, 1.82) is 0 Å². The van der Waals surface area contributed by atoms with Gasteiger partial charge in [0.1, 0.15) is 29.0 Å². The Morgan fingerprint density at radius 1 is 1.07 bits per heavy atom. The van der Waals surface area contributed by atoms with Crippen LogP contribution in [0.4, 0.5) is 9.59 Å². The van der Waals surface area contributed by atoms with Crippen molar-refractivity contribution in [2.45, 2.75) is 108 Å². The van der Waals surface area contributed by atoms with Crippen LogP contribution in [0.1, 0.15) is 77.8 Å². The third kappa shape index (κ3) is 6.18. The van der Waals surface area contributed by atoms with Crippen molar-refractivity contribution in [2.24, 2.45) is 5.92 Å². The second kappa shape index (κ2) is 11.1. The monoisotopic (exact) mass is 634 g/mol. The van der Waals surface area contributed by atoms with Crippen molar-refractivity contribution in [1.82, 2.24) is 19.8 Å². The van der Waals surface area contributed by atoms with Gasteiger partial charge >= 0.3 is 12.2 Å². The maximum absolute atomic E-state index is 13.8. The summed E-state index contributed by atoms with van der Waals surface area (Å²) < 4.78 is 43.4. The summed E-state index contributed by atoms with van der Waals surface area (Å²) in [5.74, 6) is -1.01. The molecule has 3 fully saturated rings. The molecule has 5 rings (SSSR count). The van der Waals surface area contributed by atoms with Crippen molar-refractivity contribution in [3.8, 4) is 5.75 Å². The average molecular weight is 635 g/mol. The minimum absolute atomic E-state index is 0.0176. The van der Waals surface area contributed by atoms with Crippen molar-refractivity contribution < 1.29 is 41.8 Å².